The highest BCUT2D eigenvalue weighted by Gasteiger charge is 2.15. The van der Waals surface area contributed by atoms with Gasteiger partial charge in [-0.1, -0.05) is 24.3 Å². The molecule has 0 unspecified atom stereocenters. The van der Waals surface area contributed by atoms with Crippen LogP contribution in [0.5, 0.6) is 11.5 Å². The van der Waals surface area contributed by atoms with Crippen LogP contribution in [0.4, 0.5) is 0 Å². The normalized spacial score (nSPS) is 10.4. The fourth-order valence-electron chi connectivity index (χ4n) is 2.18. The van der Waals surface area contributed by atoms with Crippen LogP contribution in [-0.2, 0) is 13.1 Å². The van der Waals surface area contributed by atoms with E-state index in [1.54, 1.807) is 7.05 Å². The Morgan fingerprint density at radius 2 is 1.67 bits per heavy atom. The van der Waals surface area contributed by atoms with Crippen LogP contribution in [-0.4, -0.2) is 28.1 Å². The summed E-state index contributed by atoms with van der Waals surface area (Å²) in [5, 5.41) is 18.9. The first-order valence-electron chi connectivity index (χ1n) is 6.56. The van der Waals surface area contributed by atoms with Crippen molar-refractivity contribution in [3.05, 3.63) is 59.2 Å². The molecule has 0 radical (unpaired) electrons. The second kappa shape index (κ2) is 6.28. The van der Waals surface area contributed by atoms with Crippen molar-refractivity contribution < 1.29 is 15.0 Å². The molecule has 0 aliphatic rings. The van der Waals surface area contributed by atoms with E-state index in [-0.39, 0.29) is 23.0 Å². The summed E-state index contributed by atoms with van der Waals surface area (Å²) in [6.45, 7) is 0.813. The summed E-state index contributed by atoms with van der Waals surface area (Å²) in [6, 6.07) is 11.5. The van der Waals surface area contributed by atoms with Crippen LogP contribution in [0.3, 0.4) is 0 Å². The molecular formula is C16H18N2O3. The molecule has 0 fully saturated rings. The maximum atomic E-state index is 12.3. The predicted octanol–water partition coefficient (Wildman–Crippen LogP) is 1.83. The van der Waals surface area contributed by atoms with Gasteiger partial charge in [-0.05, 0) is 23.3 Å². The van der Waals surface area contributed by atoms with Crippen LogP contribution in [0.1, 0.15) is 21.5 Å². The van der Waals surface area contributed by atoms with Gasteiger partial charge in [0.05, 0.1) is 0 Å². The Balaban J connectivity index is 2.19. The van der Waals surface area contributed by atoms with Crippen molar-refractivity contribution in [2.45, 2.75) is 13.1 Å². The Morgan fingerprint density at radius 3 is 2.24 bits per heavy atom. The van der Waals surface area contributed by atoms with Crippen LogP contribution in [0.15, 0.2) is 42.5 Å². The van der Waals surface area contributed by atoms with Crippen molar-refractivity contribution in [2.24, 2.45) is 5.73 Å². The lowest BCUT2D eigenvalue weighted by Gasteiger charge is -2.19. The molecule has 0 aliphatic heterocycles. The molecular weight excluding hydrogens is 268 g/mol. The molecule has 0 aliphatic carbocycles. The Kier molecular flexibility index (Phi) is 4.45. The molecule has 0 saturated heterocycles. The first kappa shape index (κ1) is 14.9. The molecule has 21 heavy (non-hydrogen) atoms. The number of benzene rings is 2. The van der Waals surface area contributed by atoms with Crippen molar-refractivity contribution in [1.82, 2.24) is 4.90 Å². The van der Waals surface area contributed by atoms with E-state index in [2.05, 4.69) is 0 Å². The highest BCUT2D eigenvalue weighted by molar-refractivity contribution is 5.94. The molecule has 0 spiro atoms. The Hall–Kier alpha value is -2.53. The summed E-state index contributed by atoms with van der Waals surface area (Å²) in [4.78, 5) is 13.8. The molecule has 4 N–H and O–H groups in total. The zero-order chi connectivity index (χ0) is 15.4. The van der Waals surface area contributed by atoms with Crippen molar-refractivity contribution in [1.29, 1.82) is 0 Å². The van der Waals surface area contributed by atoms with E-state index < -0.39 is 0 Å². The molecule has 0 aromatic heterocycles. The third-order valence-corrected chi connectivity index (χ3v) is 3.24. The lowest BCUT2D eigenvalue weighted by atomic mass is 10.1. The fourth-order valence-corrected chi connectivity index (χ4v) is 2.18. The Labute approximate surface area is 123 Å². The Bertz CT molecular complexity index is 635. The quantitative estimate of drug-likeness (QED) is 0.800. The smallest absolute Gasteiger partial charge is 0.254 e. The average Bonchev–Trinajstić information content (AvgIpc) is 2.46. The molecule has 0 bridgehead atoms. The van der Waals surface area contributed by atoms with Gasteiger partial charge in [0.2, 0.25) is 0 Å². The predicted molar refractivity (Wildman–Crippen MR) is 79.9 cm³/mol. The van der Waals surface area contributed by atoms with Gasteiger partial charge >= 0.3 is 0 Å². The summed E-state index contributed by atoms with van der Waals surface area (Å²) in [5.41, 5.74) is 7.87. The molecule has 5 heteroatoms. The van der Waals surface area contributed by atoms with E-state index >= 15 is 0 Å². The van der Waals surface area contributed by atoms with Crippen LogP contribution >= 0.6 is 0 Å². The topological polar surface area (TPSA) is 86.8 Å². The number of hydrogen-bond acceptors (Lipinski definition) is 4. The maximum Gasteiger partial charge on any atom is 0.254 e. The summed E-state index contributed by atoms with van der Waals surface area (Å²) < 4.78 is 0. The SMILES string of the molecule is CN(Cc1ccccc1CN)C(=O)c1cc(O)cc(O)c1. The highest BCUT2D eigenvalue weighted by atomic mass is 16.3. The molecule has 0 atom stereocenters. The van der Waals surface area contributed by atoms with Gasteiger partial charge in [-0.2, -0.15) is 0 Å². The van der Waals surface area contributed by atoms with Gasteiger partial charge < -0.3 is 20.8 Å². The number of nitrogens with two attached hydrogens (primary N) is 1. The third-order valence-electron chi connectivity index (χ3n) is 3.24. The molecule has 1 amide bonds. The number of hydrogen-bond donors (Lipinski definition) is 3. The van der Waals surface area contributed by atoms with Crippen LogP contribution in [0.2, 0.25) is 0 Å². The average molecular weight is 286 g/mol. The van der Waals surface area contributed by atoms with Crippen molar-refractivity contribution >= 4 is 5.91 Å². The summed E-state index contributed by atoms with van der Waals surface area (Å²) in [5.74, 6) is -0.573. The zero-order valence-electron chi connectivity index (χ0n) is 11.8. The van der Waals surface area contributed by atoms with Crippen LogP contribution in [0.25, 0.3) is 0 Å². The largest absolute Gasteiger partial charge is 0.508 e. The number of nitrogens with zero attached hydrogens (tertiary/aromatic N) is 1. The number of phenolic OH excluding ortho intramolecular Hbond substituents is 2. The minimum Gasteiger partial charge on any atom is -0.508 e. The molecule has 5 nitrogen and oxygen atoms in total. The first-order valence-corrected chi connectivity index (χ1v) is 6.56. The van der Waals surface area contributed by atoms with Gasteiger partial charge in [-0.3, -0.25) is 4.79 Å². The number of phenols is 2. The van der Waals surface area contributed by atoms with Crippen LogP contribution in [0, 0.1) is 0 Å². The van der Waals surface area contributed by atoms with E-state index in [4.69, 9.17) is 5.73 Å². The van der Waals surface area contributed by atoms with Gasteiger partial charge in [0, 0.05) is 31.8 Å². The number of aromatic hydroxyl groups is 2. The highest BCUT2D eigenvalue weighted by Crippen LogP contribution is 2.22. The molecule has 110 valence electrons. The molecule has 2 aromatic rings. The van der Waals surface area contributed by atoms with Crippen molar-refractivity contribution in [3.8, 4) is 11.5 Å². The van der Waals surface area contributed by atoms with Gasteiger partial charge in [0.25, 0.3) is 5.91 Å². The van der Waals surface area contributed by atoms with E-state index in [9.17, 15) is 15.0 Å². The summed E-state index contributed by atoms with van der Waals surface area (Å²) >= 11 is 0. The van der Waals surface area contributed by atoms with Crippen molar-refractivity contribution in [3.63, 3.8) is 0 Å². The lowest BCUT2D eigenvalue weighted by molar-refractivity contribution is 0.0784. The summed E-state index contributed by atoms with van der Waals surface area (Å²) in [6.07, 6.45) is 0. The van der Waals surface area contributed by atoms with E-state index in [0.29, 0.717) is 13.1 Å². The minimum atomic E-state index is -0.284. The monoisotopic (exact) mass is 286 g/mol. The van der Waals surface area contributed by atoms with E-state index in [1.807, 2.05) is 24.3 Å². The third kappa shape index (κ3) is 3.52. The van der Waals surface area contributed by atoms with Gasteiger partial charge in [0.15, 0.2) is 0 Å². The number of rotatable bonds is 4. The number of amides is 1. The van der Waals surface area contributed by atoms with Gasteiger partial charge in [0.1, 0.15) is 11.5 Å². The van der Waals surface area contributed by atoms with Gasteiger partial charge in [-0.15, -0.1) is 0 Å². The van der Waals surface area contributed by atoms with Gasteiger partial charge in [-0.25, -0.2) is 0 Å². The zero-order valence-corrected chi connectivity index (χ0v) is 11.8. The number of carbonyl (C=O) groups excluding carboxylic acids is 1. The summed E-state index contributed by atoms with van der Waals surface area (Å²) in [7, 11) is 1.66. The second-order valence-corrected chi connectivity index (χ2v) is 4.87. The lowest BCUT2D eigenvalue weighted by Crippen LogP contribution is -2.26. The Morgan fingerprint density at radius 1 is 1.10 bits per heavy atom. The molecule has 2 rings (SSSR count). The maximum absolute atomic E-state index is 12.3. The minimum absolute atomic E-state index is 0.144. The van der Waals surface area contributed by atoms with E-state index in [0.717, 1.165) is 11.1 Å². The first-order chi connectivity index (χ1) is 10.0. The molecule has 0 heterocycles. The van der Waals surface area contributed by atoms with E-state index in [1.165, 1.54) is 23.1 Å². The van der Waals surface area contributed by atoms with Crippen LogP contribution < -0.4 is 5.73 Å². The fraction of sp³-hybridized carbons (Fsp3) is 0.188. The standard InChI is InChI=1S/C16H18N2O3/c1-18(10-12-5-3-2-4-11(12)9-17)16(21)13-6-14(19)8-15(20)7-13/h2-8,19-20H,9-10,17H2,1H3. The molecule has 2 aromatic carbocycles. The number of carbonyl (C=O) groups is 1. The second-order valence-electron chi connectivity index (χ2n) is 4.87. The molecule has 0 saturated carbocycles. The van der Waals surface area contributed by atoms with Crippen molar-refractivity contribution in [2.75, 3.05) is 7.05 Å².